The number of nitrogens with zero attached hydrogens (tertiary/aromatic N) is 2. The smallest absolute Gasteiger partial charge is 0.323 e. The number of aliphatic carboxylic acids is 1. The highest BCUT2D eigenvalue weighted by Gasteiger charge is 2.39. The molecule has 0 spiro atoms. The standard InChI is InChI=1S/C45H84N2O8/c1-9-11-13-15-17-21-27-37(28-22-18-16-14-12-10-2)55-43(52)45(5,6)31-23-19-20-26-34-53-41(49)39-35-38(54-40(48)29-33-46(7)8)36-47(39)32-25-24-30-44(3,4)42(50)51/h37-39H,9-36H2,1-8H3,(H,50,51)/t38?,39-/m0/s1. The maximum Gasteiger partial charge on any atom is 0.323 e. The van der Waals surface area contributed by atoms with Gasteiger partial charge in [-0.1, -0.05) is 104 Å². The Hall–Kier alpha value is -2.20. The predicted molar refractivity (Wildman–Crippen MR) is 222 cm³/mol. The maximum atomic E-state index is 13.4. The third-order valence-electron chi connectivity index (χ3n) is 11.3. The highest BCUT2D eigenvalue weighted by atomic mass is 16.6. The number of carboxylic acid groups (broad SMARTS) is 1. The molecular formula is C45H84N2O8. The summed E-state index contributed by atoms with van der Waals surface area (Å²) >= 11 is 0. The fourth-order valence-corrected chi connectivity index (χ4v) is 7.26. The summed E-state index contributed by atoms with van der Waals surface area (Å²) in [7, 11) is 3.81. The van der Waals surface area contributed by atoms with Crippen LogP contribution in [0.4, 0.5) is 0 Å². The summed E-state index contributed by atoms with van der Waals surface area (Å²) in [6.07, 6.45) is 23.4. The third-order valence-corrected chi connectivity index (χ3v) is 11.3. The molecule has 55 heavy (non-hydrogen) atoms. The van der Waals surface area contributed by atoms with Gasteiger partial charge in [0.2, 0.25) is 0 Å². The first kappa shape index (κ1) is 50.8. The van der Waals surface area contributed by atoms with Gasteiger partial charge in [0, 0.05) is 19.5 Å². The van der Waals surface area contributed by atoms with Gasteiger partial charge in [-0.2, -0.15) is 0 Å². The molecule has 1 aliphatic rings. The number of unbranched alkanes of at least 4 members (excludes halogenated alkanes) is 14. The van der Waals surface area contributed by atoms with Crippen LogP contribution in [0.1, 0.15) is 196 Å². The molecule has 0 aromatic carbocycles. The van der Waals surface area contributed by atoms with E-state index in [2.05, 4.69) is 13.8 Å². The Balaban J connectivity index is 2.54. The predicted octanol–water partition coefficient (Wildman–Crippen LogP) is 10.1. The van der Waals surface area contributed by atoms with Gasteiger partial charge >= 0.3 is 23.9 Å². The molecule has 10 nitrogen and oxygen atoms in total. The van der Waals surface area contributed by atoms with E-state index in [9.17, 15) is 24.3 Å². The van der Waals surface area contributed by atoms with Crippen molar-refractivity contribution in [1.82, 2.24) is 9.80 Å². The SMILES string of the molecule is CCCCCCCCC(CCCCCCCC)OC(=O)C(C)(C)CCCCCCOC(=O)[C@@H]1CC(OC(=O)CCN(C)C)CN1CCCCC(C)(C)C(=O)O. The Morgan fingerprint density at radius 1 is 0.727 bits per heavy atom. The average Bonchev–Trinajstić information content (AvgIpc) is 3.53. The summed E-state index contributed by atoms with van der Waals surface area (Å²) in [5.74, 6) is -1.45. The van der Waals surface area contributed by atoms with Crippen molar-refractivity contribution < 1.29 is 38.5 Å². The molecule has 322 valence electrons. The molecular weight excluding hydrogens is 697 g/mol. The second kappa shape index (κ2) is 29.1. The van der Waals surface area contributed by atoms with E-state index in [1.807, 2.05) is 37.7 Å². The number of hydrogen-bond donors (Lipinski definition) is 1. The molecule has 1 aliphatic heterocycles. The van der Waals surface area contributed by atoms with E-state index in [0.717, 1.165) is 70.6 Å². The van der Waals surface area contributed by atoms with Crippen LogP contribution in [0.3, 0.4) is 0 Å². The summed E-state index contributed by atoms with van der Waals surface area (Å²) in [4.78, 5) is 54.6. The minimum atomic E-state index is -0.813. The lowest BCUT2D eigenvalue weighted by Gasteiger charge is -2.27. The van der Waals surface area contributed by atoms with Crippen molar-refractivity contribution in [2.75, 3.05) is 40.3 Å². The summed E-state index contributed by atoms with van der Waals surface area (Å²) in [5.41, 5.74) is -1.33. The van der Waals surface area contributed by atoms with Gasteiger partial charge in [0.15, 0.2) is 0 Å². The average molecular weight is 781 g/mol. The van der Waals surface area contributed by atoms with Gasteiger partial charge in [-0.25, -0.2) is 0 Å². The molecule has 10 heteroatoms. The van der Waals surface area contributed by atoms with E-state index in [-0.39, 0.29) is 30.1 Å². The molecule has 0 aliphatic carbocycles. The maximum absolute atomic E-state index is 13.4. The molecule has 1 N–H and O–H groups in total. The van der Waals surface area contributed by atoms with Crippen molar-refractivity contribution in [1.29, 1.82) is 0 Å². The number of carbonyl (C=O) groups is 4. The van der Waals surface area contributed by atoms with Crippen molar-refractivity contribution in [3.63, 3.8) is 0 Å². The van der Waals surface area contributed by atoms with Crippen molar-refractivity contribution in [2.24, 2.45) is 10.8 Å². The number of carboxylic acids is 1. The van der Waals surface area contributed by atoms with Crippen LogP contribution in [0.5, 0.6) is 0 Å². The lowest BCUT2D eigenvalue weighted by atomic mass is 9.86. The molecule has 1 rings (SSSR count). The molecule has 1 fully saturated rings. The van der Waals surface area contributed by atoms with Crippen LogP contribution in [0.15, 0.2) is 0 Å². The lowest BCUT2D eigenvalue weighted by Crippen LogP contribution is -2.38. The summed E-state index contributed by atoms with van der Waals surface area (Å²) in [6.45, 7) is 14.0. The van der Waals surface area contributed by atoms with E-state index in [0.29, 0.717) is 45.5 Å². The number of ether oxygens (including phenoxy) is 3. The quantitative estimate of drug-likeness (QED) is 0.0384. The molecule has 1 heterocycles. The number of rotatable bonds is 34. The Labute approximate surface area is 336 Å². The summed E-state index contributed by atoms with van der Waals surface area (Å²) in [6, 6.07) is -0.489. The van der Waals surface area contributed by atoms with Crippen molar-refractivity contribution in [3.8, 4) is 0 Å². The third kappa shape index (κ3) is 23.6. The first-order valence-electron chi connectivity index (χ1n) is 22.3. The second-order valence-electron chi connectivity index (χ2n) is 17.9. The minimum absolute atomic E-state index is 0.0177. The number of likely N-dealkylation sites (tertiary alicyclic amines) is 1. The van der Waals surface area contributed by atoms with Crippen molar-refractivity contribution in [2.45, 2.75) is 214 Å². The van der Waals surface area contributed by atoms with Crippen LogP contribution < -0.4 is 0 Å². The molecule has 1 saturated heterocycles. The zero-order valence-corrected chi connectivity index (χ0v) is 36.7. The van der Waals surface area contributed by atoms with Crippen LogP contribution >= 0.6 is 0 Å². The highest BCUT2D eigenvalue weighted by Crippen LogP contribution is 2.29. The molecule has 0 aromatic heterocycles. The first-order chi connectivity index (χ1) is 26.1. The van der Waals surface area contributed by atoms with Crippen molar-refractivity contribution >= 4 is 23.9 Å². The van der Waals surface area contributed by atoms with Crippen LogP contribution in [-0.4, -0.2) is 97.4 Å². The monoisotopic (exact) mass is 781 g/mol. The van der Waals surface area contributed by atoms with E-state index >= 15 is 0 Å². The largest absolute Gasteiger partial charge is 0.481 e. The topological polar surface area (TPSA) is 123 Å². The van der Waals surface area contributed by atoms with Crippen molar-refractivity contribution in [3.05, 3.63) is 0 Å². The molecule has 2 atom stereocenters. The summed E-state index contributed by atoms with van der Waals surface area (Å²) in [5, 5.41) is 9.45. The fourth-order valence-electron chi connectivity index (χ4n) is 7.26. The van der Waals surface area contributed by atoms with E-state index in [1.54, 1.807) is 13.8 Å². The molecule has 0 radical (unpaired) electrons. The summed E-state index contributed by atoms with van der Waals surface area (Å²) < 4.78 is 17.7. The second-order valence-corrected chi connectivity index (χ2v) is 17.9. The van der Waals surface area contributed by atoms with E-state index in [1.165, 1.54) is 64.2 Å². The highest BCUT2D eigenvalue weighted by molar-refractivity contribution is 5.77. The van der Waals surface area contributed by atoms with Gasteiger partial charge in [0.05, 0.1) is 23.9 Å². The zero-order valence-electron chi connectivity index (χ0n) is 36.7. The van der Waals surface area contributed by atoms with Crippen LogP contribution in [0, 0.1) is 10.8 Å². The minimum Gasteiger partial charge on any atom is -0.481 e. The number of esters is 3. The molecule has 1 unspecified atom stereocenters. The van der Waals surface area contributed by atoms with Gasteiger partial charge in [0.25, 0.3) is 0 Å². The number of carbonyl (C=O) groups excluding carboxylic acids is 3. The van der Waals surface area contributed by atoms with Crippen LogP contribution in [0.25, 0.3) is 0 Å². The number of hydrogen-bond acceptors (Lipinski definition) is 9. The van der Waals surface area contributed by atoms with E-state index < -0.39 is 22.8 Å². The van der Waals surface area contributed by atoms with Gasteiger partial charge < -0.3 is 24.2 Å². The fraction of sp³-hybridized carbons (Fsp3) is 0.911. The molecule has 0 saturated carbocycles. The first-order valence-corrected chi connectivity index (χ1v) is 22.3. The Morgan fingerprint density at radius 3 is 1.84 bits per heavy atom. The van der Waals surface area contributed by atoms with Gasteiger partial charge in [-0.3, -0.25) is 24.1 Å². The molecule has 0 aromatic rings. The van der Waals surface area contributed by atoms with Gasteiger partial charge in [0.1, 0.15) is 18.2 Å². The lowest BCUT2D eigenvalue weighted by molar-refractivity contribution is -0.161. The Bertz CT molecular complexity index is 1050. The molecule has 0 amide bonds. The van der Waals surface area contributed by atoms with E-state index in [4.69, 9.17) is 14.2 Å². The Morgan fingerprint density at radius 2 is 1.25 bits per heavy atom. The Kier molecular flexibility index (Phi) is 26.9. The van der Waals surface area contributed by atoms with Gasteiger partial charge in [-0.05, 0) is 99.7 Å². The molecule has 0 bridgehead atoms. The van der Waals surface area contributed by atoms with Gasteiger partial charge in [-0.15, -0.1) is 0 Å². The van der Waals surface area contributed by atoms with Crippen LogP contribution in [-0.2, 0) is 33.4 Å². The zero-order chi connectivity index (χ0) is 41.1. The normalized spacial score (nSPS) is 16.5. The van der Waals surface area contributed by atoms with Crippen LogP contribution in [0.2, 0.25) is 0 Å².